The van der Waals surface area contributed by atoms with Gasteiger partial charge in [-0.3, -0.25) is 4.79 Å². The quantitative estimate of drug-likeness (QED) is 0.716. The van der Waals surface area contributed by atoms with E-state index in [0.717, 1.165) is 21.9 Å². The van der Waals surface area contributed by atoms with Crippen LogP contribution in [0.3, 0.4) is 0 Å². The van der Waals surface area contributed by atoms with Crippen molar-refractivity contribution >= 4 is 27.6 Å². The highest BCUT2D eigenvalue weighted by Crippen LogP contribution is 2.21. The summed E-state index contributed by atoms with van der Waals surface area (Å²) in [6.07, 6.45) is 0.754. The Morgan fingerprint density at radius 3 is 2.43 bits per heavy atom. The second-order valence-corrected chi connectivity index (χ2v) is 8.55. The Labute approximate surface area is 165 Å². The number of aryl methyl sites for hydroxylation is 2. The van der Waals surface area contributed by atoms with Crippen molar-refractivity contribution in [3.8, 4) is 0 Å². The van der Waals surface area contributed by atoms with Crippen molar-refractivity contribution in [1.82, 2.24) is 4.31 Å². The lowest BCUT2D eigenvalue weighted by atomic mass is 10.1. The van der Waals surface area contributed by atoms with Gasteiger partial charge in [0, 0.05) is 19.8 Å². The normalized spacial score (nSPS) is 11.3. The molecule has 0 aromatic heterocycles. The van der Waals surface area contributed by atoms with Crippen LogP contribution in [0.5, 0.6) is 0 Å². The van der Waals surface area contributed by atoms with Crippen molar-refractivity contribution in [1.29, 1.82) is 0 Å². The van der Waals surface area contributed by atoms with Crippen LogP contribution < -0.4 is 5.32 Å². The number of nitrogens with zero attached hydrogens (tertiary/aromatic N) is 1. The standard InChI is InChI=1S/C20H24N2O5S/c1-5-15-9-6-8-14(2)19(15)21-18(23)13-27-20(24)16-10-7-11-17(12-16)28(25,26)22(3)4/h6-12H,5,13H2,1-4H3,(H,21,23). The van der Waals surface area contributed by atoms with Crippen LogP contribution >= 0.6 is 0 Å². The zero-order valence-corrected chi connectivity index (χ0v) is 17.2. The van der Waals surface area contributed by atoms with Gasteiger partial charge in [0.05, 0.1) is 10.5 Å². The van der Waals surface area contributed by atoms with Crippen molar-refractivity contribution in [2.75, 3.05) is 26.0 Å². The molecule has 0 atom stereocenters. The predicted molar refractivity (Wildman–Crippen MR) is 107 cm³/mol. The summed E-state index contributed by atoms with van der Waals surface area (Å²) in [5.41, 5.74) is 2.67. The molecule has 0 heterocycles. The molecule has 0 radical (unpaired) electrons. The second kappa shape index (κ2) is 8.99. The molecule has 0 spiro atoms. The topological polar surface area (TPSA) is 92.8 Å². The van der Waals surface area contributed by atoms with Gasteiger partial charge in [-0.25, -0.2) is 17.5 Å². The molecule has 0 bridgehead atoms. The number of nitrogens with one attached hydrogen (secondary N) is 1. The predicted octanol–water partition coefficient (Wildman–Crippen LogP) is 2.60. The van der Waals surface area contributed by atoms with Gasteiger partial charge >= 0.3 is 5.97 Å². The minimum atomic E-state index is -3.67. The fourth-order valence-electron chi connectivity index (χ4n) is 2.59. The molecule has 150 valence electrons. The third kappa shape index (κ3) is 4.96. The summed E-state index contributed by atoms with van der Waals surface area (Å²) in [4.78, 5) is 24.4. The van der Waals surface area contributed by atoms with E-state index in [2.05, 4.69) is 5.32 Å². The number of hydrogen-bond acceptors (Lipinski definition) is 5. The van der Waals surface area contributed by atoms with Crippen LogP contribution in [0.1, 0.15) is 28.4 Å². The van der Waals surface area contributed by atoms with E-state index in [9.17, 15) is 18.0 Å². The lowest BCUT2D eigenvalue weighted by Gasteiger charge is -2.13. The second-order valence-electron chi connectivity index (χ2n) is 6.40. The first-order chi connectivity index (χ1) is 13.2. The van der Waals surface area contributed by atoms with E-state index in [1.165, 1.54) is 38.4 Å². The number of ether oxygens (including phenoxy) is 1. The maximum Gasteiger partial charge on any atom is 0.338 e. The number of esters is 1. The summed E-state index contributed by atoms with van der Waals surface area (Å²) < 4.78 is 30.5. The van der Waals surface area contributed by atoms with Crippen molar-refractivity contribution in [2.24, 2.45) is 0 Å². The summed E-state index contributed by atoms with van der Waals surface area (Å²) in [5.74, 6) is -1.24. The largest absolute Gasteiger partial charge is 0.452 e. The molecule has 0 saturated heterocycles. The highest BCUT2D eigenvalue weighted by Gasteiger charge is 2.19. The summed E-state index contributed by atoms with van der Waals surface area (Å²) in [6, 6.07) is 11.2. The monoisotopic (exact) mass is 404 g/mol. The van der Waals surface area contributed by atoms with E-state index in [1.807, 2.05) is 32.0 Å². The molecule has 0 aliphatic heterocycles. The Kier molecular flexibility index (Phi) is 6.93. The van der Waals surface area contributed by atoms with Crippen molar-refractivity contribution in [3.05, 3.63) is 59.2 Å². The van der Waals surface area contributed by atoms with Gasteiger partial charge in [0.15, 0.2) is 6.61 Å². The molecule has 0 saturated carbocycles. The molecule has 2 aromatic rings. The third-order valence-electron chi connectivity index (χ3n) is 4.19. The number of sulfonamides is 1. The number of hydrogen-bond donors (Lipinski definition) is 1. The van der Waals surface area contributed by atoms with Gasteiger partial charge in [-0.15, -0.1) is 0 Å². The number of para-hydroxylation sites is 1. The fourth-order valence-corrected chi connectivity index (χ4v) is 3.53. The first-order valence-corrected chi connectivity index (χ1v) is 10.2. The van der Waals surface area contributed by atoms with Gasteiger partial charge in [0.1, 0.15) is 0 Å². The van der Waals surface area contributed by atoms with Gasteiger partial charge in [-0.2, -0.15) is 0 Å². The Bertz CT molecular complexity index is 984. The SMILES string of the molecule is CCc1cccc(C)c1NC(=O)COC(=O)c1cccc(S(=O)(=O)N(C)C)c1. The number of carbonyl (C=O) groups excluding carboxylic acids is 2. The zero-order valence-electron chi connectivity index (χ0n) is 16.4. The maximum absolute atomic E-state index is 12.2. The van der Waals surface area contributed by atoms with E-state index in [0.29, 0.717) is 5.69 Å². The van der Waals surface area contributed by atoms with Crippen LogP contribution in [0.25, 0.3) is 0 Å². The van der Waals surface area contributed by atoms with Crippen LogP contribution in [0.4, 0.5) is 5.69 Å². The van der Waals surface area contributed by atoms with Crippen LogP contribution in [0.15, 0.2) is 47.4 Å². The summed E-state index contributed by atoms with van der Waals surface area (Å²) in [7, 11) is -0.864. The Hall–Kier alpha value is -2.71. The maximum atomic E-state index is 12.2. The molecule has 1 amide bonds. The highest BCUT2D eigenvalue weighted by molar-refractivity contribution is 7.89. The molecule has 7 nitrogen and oxygen atoms in total. The van der Waals surface area contributed by atoms with E-state index < -0.39 is 28.5 Å². The first-order valence-electron chi connectivity index (χ1n) is 8.75. The smallest absolute Gasteiger partial charge is 0.338 e. The lowest BCUT2D eigenvalue weighted by molar-refractivity contribution is -0.119. The molecule has 0 aliphatic carbocycles. The number of amides is 1. The van der Waals surface area contributed by atoms with Crippen molar-refractivity contribution in [2.45, 2.75) is 25.2 Å². The molecule has 0 aliphatic rings. The van der Waals surface area contributed by atoms with E-state index in [4.69, 9.17) is 4.74 Å². The fraction of sp³-hybridized carbons (Fsp3) is 0.300. The summed E-state index contributed by atoms with van der Waals surface area (Å²) in [6.45, 7) is 3.40. The molecular weight excluding hydrogens is 380 g/mol. The molecule has 2 aromatic carbocycles. The Balaban J connectivity index is 2.06. The zero-order chi connectivity index (χ0) is 20.9. The average molecular weight is 404 g/mol. The minimum absolute atomic E-state index is 0.0242. The summed E-state index contributed by atoms with van der Waals surface area (Å²) >= 11 is 0. The van der Waals surface area contributed by atoms with E-state index in [1.54, 1.807) is 0 Å². The first kappa shape index (κ1) is 21.6. The third-order valence-corrected chi connectivity index (χ3v) is 6.00. The van der Waals surface area contributed by atoms with Gasteiger partial charge in [0.2, 0.25) is 10.0 Å². The van der Waals surface area contributed by atoms with Crippen molar-refractivity contribution < 1.29 is 22.7 Å². The average Bonchev–Trinajstić information content (AvgIpc) is 2.67. The summed E-state index contributed by atoms with van der Waals surface area (Å²) in [5, 5.41) is 2.77. The van der Waals surface area contributed by atoms with Crippen LogP contribution in [-0.4, -0.2) is 45.3 Å². The lowest BCUT2D eigenvalue weighted by Crippen LogP contribution is -2.23. The molecule has 0 fully saturated rings. The number of benzene rings is 2. The van der Waals surface area contributed by atoms with Gasteiger partial charge in [-0.1, -0.05) is 31.2 Å². The number of rotatable bonds is 7. The van der Waals surface area contributed by atoms with Crippen LogP contribution in [-0.2, 0) is 26.0 Å². The number of carbonyl (C=O) groups is 2. The van der Waals surface area contributed by atoms with Gasteiger partial charge in [0.25, 0.3) is 5.91 Å². The molecule has 0 unspecified atom stereocenters. The van der Waals surface area contributed by atoms with E-state index in [-0.39, 0.29) is 10.5 Å². The Morgan fingerprint density at radius 2 is 1.79 bits per heavy atom. The molecule has 28 heavy (non-hydrogen) atoms. The van der Waals surface area contributed by atoms with E-state index >= 15 is 0 Å². The number of anilines is 1. The van der Waals surface area contributed by atoms with Gasteiger partial charge in [-0.05, 0) is 42.7 Å². The minimum Gasteiger partial charge on any atom is -0.452 e. The van der Waals surface area contributed by atoms with Crippen LogP contribution in [0.2, 0.25) is 0 Å². The molecule has 8 heteroatoms. The van der Waals surface area contributed by atoms with Crippen molar-refractivity contribution in [3.63, 3.8) is 0 Å². The highest BCUT2D eigenvalue weighted by atomic mass is 32.2. The molecule has 2 rings (SSSR count). The molecular formula is C20H24N2O5S. The van der Waals surface area contributed by atoms with Gasteiger partial charge < -0.3 is 10.1 Å². The molecule has 1 N–H and O–H groups in total. The van der Waals surface area contributed by atoms with Crippen LogP contribution in [0, 0.1) is 6.92 Å². The Morgan fingerprint density at radius 1 is 1.11 bits per heavy atom.